The lowest BCUT2D eigenvalue weighted by molar-refractivity contribution is -0.126. The molecule has 2 unspecified atom stereocenters. The van der Waals surface area contributed by atoms with Crippen LogP contribution in [0.2, 0.25) is 0 Å². The molecule has 2 atom stereocenters. The minimum atomic E-state index is -0.307. The number of carbonyl (C=O) groups excluding carboxylic acids is 2. The van der Waals surface area contributed by atoms with Gasteiger partial charge in [0.15, 0.2) is 0 Å². The number of hydrogen-bond acceptors (Lipinski definition) is 2. The molecule has 2 aromatic carbocycles. The largest absolute Gasteiger partial charge is 0.349 e. The molecule has 1 saturated heterocycles. The summed E-state index contributed by atoms with van der Waals surface area (Å²) < 4.78 is 0. The molecule has 130 valence electrons. The van der Waals surface area contributed by atoms with Crippen molar-refractivity contribution in [1.29, 1.82) is 0 Å². The Bertz CT molecular complexity index is 786. The fraction of sp³-hybridized carbons (Fsp3) is 0.333. The number of nitrogens with one attached hydrogen (secondary N) is 1. The van der Waals surface area contributed by atoms with E-state index in [9.17, 15) is 9.59 Å². The van der Waals surface area contributed by atoms with Gasteiger partial charge in [-0.15, -0.1) is 0 Å². The van der Waals surface area contributed by atoms with Gasteiger partial charge in [0.05, 0.1) is 12.0 Å². The molecular formula is C21H24N2O2. The Labute approximate surface area is 148 Å². The third kappa shape index (κ3) is 3.73. The van der Waals surface area contributed by atoms with Crippen molar-refractivity contribution in [3.05, 3.63) is 65.2 Å². The summed E-state index contributed by atoms with van der Waals surface area (Å²) in [6, 6.07) is 15.8. The van der Waals surface area contributed by atoms with Crippen molar-refractivity contribution in [3.63, 3.8) is 0 Å². The smallest absolute Gasteiger partial charge is 0.227 e. The first-order chi connectivity index (χ1) is 12.0. The van der Waals surface area contributed by atoms with Crippen LogP contribution in [-0.4, -0.2) is 18.4 Å². The average Bonchev–Trinajstić information content (AvgIpc) is 2.99. The highest BCUT2D eigenvalue weighted by Gasteiger charge is 2.36. The standard InChI is InChI=1S/C21H24N2O2/c1-14-9-10-15(2)19(11-14)23-13-18(12-20(23)24)21(25)22-16(3)17-7-5-4-6-8-17/h4-11,16,18H,12-13H2,1-3H3,(H,22,25). The number of hydrogen-bond donors (Lipinski definition) is 1. The highest BCUT2D eigenvalue weighted by molar-refractivity contribution is 6.00. The lowest BCUT2D eigenvalue weighted by Crippen LogP contribution is -2.34. The minimum absolute atomic E-state index is 0.0150. The molecule has 0 spiro atoms. The van der Waals surface area contributed by atoms with E-state index in [1.165, 1.54) is 0 Å². The SMILES string of the molecule is Cc1ccc(C)c(N2CC(C(=O)NC(C)c3ccccc3)CC2=O)c1. The van der Waals surface area contributed by atoms with E-state index < -0.39 is 0 Å². The minimum Gasteiger partial charge on any atom is -0.349 e. The van der Waals surface area contributed by atoms with Gasteiger partial charge in [-0.05, 0) is 43.5 Å². The zero-order chi connectivity index (χ0) is 18.0. The predicted molar refractivity (Wildman–Crippen MR) is 99.4 cm³/mol. The first-order valence-electron chi connectivity index (χ1n) is 8.68. The number of amides is 2. The average molecular weight is 336 g/mol. The Morgan fingerprint density at radius 2 is 1.88 bits per heavy atom. The van der Waals surface area contributed by atoms with Gasteiger partial charge >= 0.3 is 0 Å². The van der Waals surface area contributed by atoms with Crippen LogP contribution in [0.1, 0.15) is 36.1 Å². The molecule has 2 amide bonds. The molecule has 3 rings (SSSR count). The Kier molecular flexibility index (Phi) is 4.88. The third-order valence-corrected chi connectivity index (χ3v) is 4.81. The van der Waals surface area contributed by atoms with Crippen LogP contribution in [0, 0.1) is 19.8 Å². The number of benzene rings is 2. The Morgan fingerprint density at radius 1 is 1.16 bits per heavy atom. The van der Waals surface area contributed by atoms with Crippen molar-refractivity contribution in [2.75, 3.05) is 11.4 Å². The van der Waals surface area contributed by atoms with Gasteiger partial charge in [-0.2, -0.15) is 0 Å². The van der Waals surface area contributed by atoms with Crippen molar-refractivity contribution < 1.29 is 9.59 Å². The van der Waals surface area contributed by atoms with Gasteiger partial charge in [0.1, 0.15) is 0 Å². The first-order valence-corrected chi connectivity index (χ1v) is 8.68. The quantitative estimate of drug-likeness (QED) is 0.928. The van der Waals surface area contributed by atoms with Crippen molar-refractivity contribution in [2.45, 2.75) is 33.2 Å². The number of anilines is 1. The Balaban J connectivity index is 1.69. The van der Waals surface area contributed by atoms with Crippen LogP contribution in [0.3, 0.4) is 0 Å². The van der Waals surface area contributed by atoms with Gasteiger partial charge in [0.2, 0.25) is 11.8 Å². The molecular weight excluding hydrogens is 312 g/mol. The lowest BCUT2D eigenvalue weighted by atomic mass is 10.0. The first kappa shape index (κ1) is 17.2. The van der Waals surface area contributed by atoms with E-state index in [1.54, 1.807) is 4.90 Å². The van der Waals surface area contributed by atoms with E-state index in [0.29, 0.717) is 6.54 Å². The van der Waals surface area contributed by atoms with E-state index in [0.717, 1.165) is 22.4 Å². The summed E-state index contributed by atoms with van der Waals surface area (Å²) in [6.07, 6.45) is 0.265. The van der Waals surface area contributed by atoms with Gasteiger partial charge in [0.25, 0.3) is 0 Å². The molecule has 0 aliphatic carbocycles. The highest BCUT2D eigenvalue weighted by Crippen LogP contribution is 2.29. The number of carbonyl (C=O) groups is 2. The van der Waals surface area contributed by atoms with Crippen LogP contribution in [-0.2, 0) is 9.59 Å². The maximum absolute atomic E-state index is 12.6. The normalized spacial score (nSPS) is 18.3. The lowest BCUT2D eigenvalue weighted by Gasteiger charge is -2.20. The second kappa shape index (κ2) is 7.09. The predicted octanol–water partition coefficient (Wildman–Crippen LogP) is 3.53. The number of nitrogens with zero attached hydrogens (tertiary/aromatic N) is 1. The Morgan fingerprint density at radius 3 is 2.60 bits per heavy atom. The summed E-state index contributed by atoms with van der Waals surface area (Å²) in [5.41, 5.74) is 4.14. The summed E-state index contributed by atoms with van der Waals surface area (Å²) in [6.45, 7) is 6.41. The van der Waals surface area contributed by atoms with Crippen molar-refractivity contribution in [3.8, 4) is 0 Å². The van der Waals surface area contributed by atoms with Gasteiger partial charge in [-0.3, -0.25) is 9.59 Å². The number of aryl methyl sites for hydroxylation is 2. The molecule has 0 radical (unpaired) electrons. The highest BCUT2D eigenvalue weighted by atomic mass is 16.2. The van der Waals surface area contributed by atoms with Crippen LogP contribution in [0.5, 0.6) is 0 Å². The molecule has 1 N–H and O–H groups in total. The fourth-order valence-electron chi connectivity index (χ4n) is 3.28. The third-order valence-electron chi connectivity index (χ3n) is 4.81. The summed E-state index contributed by atoms with van der Waals surface area (Å²) in [7, 11) is 0. The van der Waals surface area contributed by atoms with Crippen LogP contribution >= 0.6 is 0 Å². The second-order valence-corrected chi connectivity index (χ2v) is 6.84. The second-order valence-electron chi connectivity index (χ2n) is 6.84. The van der Waals surface area contributed by atoms with E-state index in [1.807, 2.05) is 69.3 Å². The fourth-order valence-corrected chi connectivity index (χ4v) is 3.28. The summed E-state index contributed by atoms with van der Waals surface area (Å²) in [5, 5.41) is 3.04. The molecule has 2 aromatic rings. The number of rotatable bonds is 4. The molecule has 4 nitrogen and oxygen atoms in total. The molecule has 1 fully saturated rings. The molecule has 1 aliphatic rings. The van der Waals surface area contributed by atoms with Crippen LogP contribution in [0.4, 0.5) is 5.69 Å². The molecule has 0 bridgehead atoms. The molecule has 1 aliphatic heterocycles. The topological polar surface area (TPSA) is 49.4 Å². The Hall–Kier alpha value is -2.62. The van der Waals surface area contributed by atoms with Crippen molar-refractivity contribution in [1.82, 2.24) is 5.32 Å². The van der Waals surface area contributed by atoms with Crippen molar-refractivity contribution >= 4 is 17.5 Å². The molecule has 0 aromatic heterocycles. The summed E-state index contributed by atoms with van der Waals surface area (Å²) in [4.78, 5) is 26.8. The zero-order valence-corrected chi connectivity index (χ0v) is 15.0. The van der Waals surface area contributed by atoms with E-state index in [4.69, 9.17) is 0 Å². The summed E-state index contributed by atoms with van der Waals surface area (Å²) >= 11 is 0. The zero-order valence-electron chi connectivity index (χ0n) is 15.0. The van der Waals surface area contributed by atoms with E-state index >= 15 is 0 Å². The van der Waals surface area contributed by atoms with Gasteiger partial charge < -0.3 is 10.2 Å². The maximum Gasteiger partial charge on any atom is 0.227 e. The maximum atomic E-state index is 12.6. The van der Waals surface area contributed by atoms with Gasteiger partial charge in [-0.1, -0.05) is 42.5 Å². The monoisotopic (exact) mass is 336 g/mol. The van der Waals surface area contributed by atoms with Crippen LogP contribution in [0.25, 0.3) is 0 Å². The molecule has 4 heteroatoms. The summed E-state index contributed by atoms with van der Waals surface area (Å²) in [5.74, 6) is -0.350. The molecule has 25 heavy (non-hydrogen) atoms. The van der Waals surface area contributed by atoms with Crippen LogP contribution < -0.4 is 10.2 Å². The van der Waals surface area contributed by atoms with Gasteiger partial charge in [-0.25, -0.2) is 0 Å². The van der Waals surface area contributed by atoms with E-state index in [2.05, 4.69) is 5.32 Å². The van der Waals surface area contributed by atoms with Gasteiger partial charge in [0, 0.05) is 18.7 Å². The van der Waals surface area contributed by atoms with E-state index in [-0.39, 0.29) is 30.2 Å². The van der Waals surface area contributed by atoms with Crippen molar-refractivity contribution in [2.24, 2.45) is 5.92 Å². The van der Waals surface area contributed by atoms with Crippen LogP contribution in [0.15, 0.2) is 48.5 Å². The molecule has 0 saturated carbocycles. The molecule has 1 heterocycles.